The number of benzene rings is 3. The number of nitrogens with zero attached hydrogens (tertiary/aromatic N) is 2. The highest BCUT2D eigenvalue weighted by atomic mass is 16.5. The number of aromatic nitrogens is 2. The minimum absolute atomic E-state index is 0.0153. The molecule has 0 radical (unpaired) electrons. The van der Waals surface area contributed by atoms with E-state index in [9.17, 15) is 4.79 Å². The van der Waals surface area contributed by atoms with Crippen LogP contribution in [0.4, 0.5) is 0 Å². The largest absolute Gasteiger partial charge is 0.497 e. The van der Waals surface area contributed by atoms with E-state index in [1.165, 1.54) is 0 Å². The summed E-state index contributed by atoms with van der Waals surface area (Å²) < 4.78 is 11.3. The molecule has 1 aliphatic heterocycles. The molecule has 5 rings (SSSR count). The van der Waals surface area contributed by atoms with Crippen LogP contribution in [-0.2, 0) is 6.61 Å². The number of carbonyl (C=O) groups excluding carboxylic acids is 1. The summed E-state index contributed by atoms with van der Waals surface area (Å²) in [5.41, 5.74) is 5.37. The first-order valence-corrected chi connectivity index (χ1v) is 11.5. The van der Waals surface area contributed by atoms with Gasteiger partial charge in [0.2, 0.25) is 0 Å². The van der Waals surface area contributed by atoms with Gasteiger partial charge in [-0.25, -0.2) is 0 Å². The number of fused-ring (bicyclic) bond motifs is 1. The quantitative estimate of drug-likeness (QED) is 0.376. The summed E-state index contributed by atoms with van der Waals surface area (Å²) in [6.07, 6.45) is 0.871. The van der Waals surface area contributed by atoms with Gasteiger partial charge in [0.15, 0.2) is 0 Å². The third-order valence-electron chi connectivity index (χ3n) is 6.14. The number of rotatable bonds is 8. The molecule has 6 nitrogen and oxygen atoms in total. The van der Waals surface area contributed by atoms with Crippen LogP contribution in [0.3, 0.4) is 0 Å². The van der Waals surface area contributed by atoms with Gasteiger partial charge in [-0.2, -0.15) is 5.10 Å². The third-order valence-corrected chi connectivity index (χ3v) is 6.14. The van der Waals surface area contributed by atoms with Crippen molar-refractivity contribution in [3.05, 3.63) is 101 Å². The van der Waals surface area contributed by atoms with Crippen LogP contribution in [-0.4, -0.2) is 34.7 Å². The molecule has 0 saturated heterocycles. The zero-order valence-electron chi connectivity index (χ0n) is 19.3. The summed E-state index contributed by atoms with van der Waals surface area (Å²) >= 11 is 0. The van der Waals surface area contributed by atoms with E-state index in [0.717, 1.165) is 45.9 Å². The molecular weight excluding hydrogens is 426 g/mol. The fourth-order valence-electron chi connectivity index (χ4n) is 4.47. The number of hydrogen-bond donors (Lipinski definition) is 1. The molecule has 6 heteroatoms. The average molecular weight is 454 g/mol. The lowest BCUT2D eigenvalue weighted by Gasteiger charge is -2.26. The summed E-state index contributed by atoms with van der Waals surface area (Å²) in [5, 5.41) is 7.53. The fraction of sp³-hybridized carbons (Fsp3) is 0.214. The topological polar surface area (TPSA) is 67.5 Å². The highest BCUT2D eigenvalue weighted by Crippen LogP contribution is 2.43. The van der Waals surface area contributed by atoms with Crippen molar-refractivity contribution >= 4 is 5.91 Å². The van der Waals surface area contributed by atoms with Crippen molar-refractivity contribution in [2.24, 2.45) is 0 Å². The van der Waals surface area contributed by atoms with E-state index in [-0.39, 0.29) is 11.9 Å². The maximum atomic E-state index is 13.3. The monoisotopic (exact) mass is 453 g/mol. The summed E-state index contributed by atoms with van der Waals surface area (Å²) in [5.74, 6) is 1.56. The summed E-state index contributed by atoms with van der Waals surface area (Å²) in [7, 11) is 1.64. The second-order valence-electron chi connectivity index (χ2n) is 8.33. The molecule has 0 fully saturated rings. The predicted octanol–water partition coefficient (Wildman–Crippen LogP) is 5.62. The van der Waals surface area contributed by atoms with Gasteiger partial charge in [0.1, 0.15) is 23.8 Å². The molecule has 1 amide bonds. The highest BCUT2D eigenvalue weighted by Gasteiger charge is 2.41. The smallest absolute Gasteiger partial charge is 0.273 e. The van der Waals surface area contributed by atoms with Crippen molar-refractivity contribution in [2.45, 2.75) is 26.0 Å². The van der Waals surface area contributed by atoms with Gasteiger partial charge in [0, 0.05) is 17.7 Å². The highest BCUT2D eigenvalue weighted by molar-refractivity contribution is 6.00. The Bertz CT molecular complexity index is 1260. The van der Waals surface area contributed by atoms with Gasteiger partial charge in [-0.05, 0) is 53.9 Å². The first-order valence-electron chi connectivity index (χ1n) is 11.5. The number of nitrogens with one attached hydrogen (secondary N) is 1. The lowest BCUT2D eigenvalue weighted by atomic mass is 9.96. The minimum atomic E-state index is -0.207. The van der Waals surface area contributed by atoms with Crippen molar-refractivity contribution < 1.29 is 14.3 Å². The number of ether oxygens (including phenoxy) is 2. The van der Waals surface area contributed by atoms with Crippen molar-refractivity contribution in [1.29, 1.82) is 0 Å². The SMILES string of the molecule is CCCN1C(=O)c2[nH]nc(-c3ccc(OC)cc3)c2C1c1ccc(OCc2ccccc2)cc1. The molecule has 2 heterocycles. The van der Waals surface area contributed by atoms with E-state index < -0.39 is 0 Å². The molecule has 1 aliphatic rings. The zero-order chi connectivity index (χ0) is 23.5. The van der Waals surface area contributed by atoms with Crippen LogP contribution in [0.2, 0.25) is 0 Å². The van der Waals surface area contributed by atoms with Gasteiger partial charge >= 0.3 is 0 Å². The first kappa shape index (κ1) is 21.8. The summed E-state index contributed by atoms with van der Waals surface area (Å²) in [6, 6.07) is 25.7. The van der Waals surface area contributed by atoms with Crippen LogP contribution in [0.25, 0.3) is 11.3 Å². The molecular formula is C28H27N3O3. The molecule has 0 aliphatic carbocycles. The molecule has 1 N–H and O–H groups in total. The number of H-pyrrole nitrogens is 1. The van der Waals surface area contributed by atoms with Gasteiger partial charge < -0.3 is 14.4 Å². The van der Waals surface area contributed by atoms with Crippen molar-refractivity contribution in [2.75, 3.05) is 13.7 Å². The Labute approximate surface area is 199 Å². The van der Waals surface area contributed by atoms with Crippen LogP contribution >= 0.6 is 0 Å². The number of amides is 1. The van der Waals surface area contributed by atoms with Gasteiger partial charge in [0.25, 0.3) is 5.91 Å². The van der Waals surface area contributed by atoms with Crippen LogP contribution in [0.5, 0.6) is 11.5 Å². The van der Waals surface area contributed by atoms with E-state index in [1.807, 2.05) is 83.8 Å². The Morgan fingerprint density at radius 2 is 1.65 bits per heavy atom. The van der Waals surface area contributed by atoms with Gasteiger partial charge in [-0.15, -0.1) is 0 Å². The van der Waals surface area contributed by atoms with Crippen molar-refractivity contribution in [1.82, 2.24) is 15.1 Å². The number of hydrogen-bond acceptors (Lipinski definition) is 4. The van der Waals surface area contributed by atoms with Crippen molar-refractivity contribution in [3.8, 4) is 22.8 Å². The van der Waals surface area contributed by atoms with E-state index in [1.54, 1.807) is 7.11 Å². The second kappa shape index (κ2) is 9.43. The maximum Gasteiger partial charge on any atom is 0.273 e. The molecule has 1 aromatic heterocycles. The van der Waals surface area contributed by atoms with Crippen molar-refractivity contribution in [3.63, 3.8) is 0 Å². The van der Waals surface area contributed by atoms with E-state index in [0.29, 0.717) is 18.8 Å². The van der Waals surface area contributed by atoms with E-state index in [4.69, 9.17) is 9.47 Å². The lowest BCUT2D eigenvalue weighted by Crippen LogP contribution is -2.30. The Morgan fingerprint density at radius 1 is 0.941 bits per heavy atom. The van der Waals surface area contributed by atoms with Crippen LogP contribution in [0.15, 0.2) is 78.9 Å². The Hall–Kier alpha value is -4.06. The number of carbonyl (C=O) groups is 1. The third kappa shape index (κ3) is 4.03. The number of aromatic amines is 1. The van der Waals surface area contributed by atoms with E-state index in [2.05, 4.69) is 17.1 Å². The average Bonchev–Trinajstić information content (AvgIpc) is 3.43. The van der Waals surface area contributed by atoms with Gasteiger partial charge in [-0.1, -0.05) is 49.4 Å². The second-order valence-corrected chi connectivity index (χ2v) is 8.33. The van der Waals surface area contributed by atoms with E-state index >= 15 is 0 Å². The summed E-state index contributed by atoms with van der Waals surface area (Å²) in [6.45, 7) is 3.26. The predicted molar refractivity (Wildman–Crippen MR) is 131 cm³/mol. The fourth-order valence-corrected chi connectivity index (χ4v) is 4.47. The zero-order valence-corrected chi connectivity index (χ0v) is 19.3. The summed E-state index contributed by atoms with van der Waals surface area (Å²) in [4.78, 5) is 15.2. The molecule has 1 unspecified atom stereocenters. The Balaban J connectivity index is 1.46. The lowest BCUT2D eigenvalue weighted by molar-refractivity contribution is 0.0744. The van der Waals surface area contributed by atoms with Crippen LogP contribution < -0.4 is 9.47 Å². The standard InChI is InChI=1S/C28H27N3O3/c1-3-17-31-27(21-11-15-23(16-12-21)34-18-19-7-5-4-6-8-19)24-25(29-30-26(24)28(31)32)20-9-13-22(33-2)14-10-20/h4-16,27H,3,17-18H2,1-2H3,(H,29,30). The Morgan fingerprint density at radius 3 is 2.32 bits per heavy atom. The first-order chi connectivity index (χ1) is 16.7. The number of methoxy groups -OCH3 is 1. The molecule has 34 heavy (non-hydrogen) atoms. The molecule has 0 spiro atoms. The maximum absolute atomic E-state index is 13.3. The normalized spacial score (nSPS) is 14.8. The minimum Gasteiger partial charge on any atom is -0.497 e. The molecule has 172 valence electrons. The van der Waals surface area contributed by atoms with Gasteiger partial charge in [-0.3, -0.25) is 9.89 Å². The molecule has 0 saturated carbocycles. The molecule has 1 atom stereocenters. The molecule has 0 bridgehead atoms. The Kier molecular flexibility index (Phi) is 6.04. The van der Waals surface area contributed by atoms with Gasteiger partial charge in [0.05, 0.1) is 18.8 Å². The van der Waals surface area contributed by atoms with Crippen LogP contribution in [0.1, 0.15) is 46.6 Å². The molecule has 3 aromatic carbocycles. The van der Waals surface area contributed by atoms with Crippen LogP contribution in [0, 0.1) is 0 Å². The molecule has 4 aromatic rings.